The molecular weight excluding hydrogens is 530 g/mol. The molecule has 208 valence electrons. The van der Waals surface area contributed by atoms with E-state index in [1.54, 1.807) is 31.5 Å². The molecule has 0 aliphatic carbocycles. The van der Waals surface area contributed by atoms with Crippen molar-refractivity contribution in [2.24, 2.45) is 0 Å². The Labute approximate surface area is 219 Å². The van der Waals surface area contributed by atoms with Gasteiger partial charge in [-0.2, -0.15) is 26.3 Å². The molecule has 4 rings (SSSR count). The van der Waals surface area contributed by atoms with Gasteiger partial charge in [0.2, 0.25) is 0 Å². The van der Waals surface area contributed by atoms with Crippen molar-refractivity contribution >= 4 is 17.5 Å². The number of pyridine rings is 1. The zero-order chi connectivity index (χ0) is 28.4. The van der Waals surface area contributed by atoms with Crippen molar-refractivity contribution in [3.05, 3.63) is 71.8 Å². The third-order valence-electron chi connectivity index (χ3n) is 6.19. The molecule has 1 atom stereocenters. The Hall–Kier alpha value is -4.10. The topological polar surface area (TPSA) is 74.7 Å². The van der Waals surface area contributed by atoms with Crippen LogP contribution < -0.4 is 14.5 Å². The van der Waals surface area contributed by atoms with Gasteiger partial charge in [-0.05, 0) is 42.8 Å². The number of benzene rings is 1. The number of alkyl halides is 6. The summed E-state index contributed by atoms with van der Waals surface area (Å²) in [6, 6.07) is 3.47. The highest BCUT2D eigenvalue weighted by Gasteiger charge is 2.38. The Morgan fingerprint density at radius 1 is 0.974 bits per heavy atom. The second-order valence-electron chi connectivity index (χ2n) is 8.92. The highest BCUT2D eigenvalue weighted by Crippen LogP contribution is 2.38. The number of aromatic nitrogens is 3. The van der Waals surface area contributed by atoms with Crippen molar-refractivity contribution in [3.8, 4) is 5.88 Å². The highest BCUT2D eigenvalue weighted by molar-refractivity contribution is 5.92. The van der Waals surface area contributed by atoms with E-state index in [2.05, 4.69) is 15.0 Å². The number of piperazine rings is 1. The van der Waals surface area contributed by atoms with Gasteiger partial charge in [0.15, 0.2) is 5.82 Å². The van der Waals surface area contributed by atoms with E-state index in [0.717, 1.165) is 17.5 Å². The first-order valence-electron chi connectivity index (χ1n) is 11.8. The van der Waals surface area contributed by atoms with Gasteiger partial charge in [-0.3, -0.25) is 9.88 Å². The van der Waals surface area contributed by atoms with Crippen LogP contribution in [-0.2, 0) is 19.0 Å². The molecular formula is C25H24F6N6O2. The summed E-state index contributed by atoms with van der Waals surface area (Å²) < 4.78 is 85.6. The molecule has 8 nitrogen and oxygen atoms in total. The van der Waals surface area contributed by atoms with Crippen molar-refractivity contribution in [1.29, 1.82) is 0 Å². The number of carbonyl (C=O) groups excluding carboxylic acids is 1. The Bertz CT molecular complexity index is 1270. The molecule has 1 fully saturated rings. The fraction of sp³-hybridized carbons (Fsp3) is 0.360. The van der Waals surface area contributed by atoms with Gasteiger partial charge in [-0.25, -0.2) is 14.8 Å². The predicted molar refractivity (Wildman–Crippen MR) is 129 cm³/mol. The second-order valence-corrected chi connectivity index (χ2v) is 8.92. The average molecular weight is 554 g/mol. The summed E-state index contributed by atoms with van der Waals surface area (Å²) in [4.78, 5) is 29.8. The molecule has 1 aliphatic heterocycles. The molecule has 1 saturated heterocycles. The summed E-state index contributed by atoms with van der Waals surface area (Å²) in [5.41, 5.74) is -2.63. The molecule has 1 aliphatic rings. The third kappa shape index (κ3) is 6.49. The number of nitrogens with zero attached hydrogens (tertiary/aromatic N) is 6. The minimum absolute atomic E-state index is 0.0262. The minimum atomic E-state index is -5.02. The normalized spacial score (nSPS) is 16.3. The molecule has 1 aromatic carbocycles. The van der Waals surface area contributed by atoms with Gasteiger partial charge in [-0.15, -0.1) is 0 Å². The molecule has 0 radical (unpaired) electrons. The molecule has 3 heterocycles. The molecule has 14 heteroatoms. The predicted octanol–water partition coefficient (Wildman–Crippen LogP) is 5.26. The largest absolute Gasteiger partial charge is 0.470 e. The number of hydrogen-bond acceptors (Lipinski definition) is 6. The van der Waals surface area contributed by atoms with Gasteiger partial charge in [0, 0.05) is 63.2 Å². The van der Waals surface area contributed by atoms with Crippen LogP contribution in [0.4, 0.5) is 42.6 Å². The van der Waals surface area contributed by atoms with Gasteiger partial charge in [0.05, 0.1) is 11.1 Å². The first-order valence-corrected chi connectivity index (χ1v) is 11.8. The van der Waals surface area contributed by atoms with Crippen LogP contribution in [0.15, 0.2) is 55.1 Å². The van der Waals surface area contributed by atoms with Gasteiger partial charge in [0.25, 0.3) is 5.88 Å². The summed E-state index contributed by atoms with van der Waals surface area (Å²) in [6.45, 7) is 2.64. The van der Waals surface area contributed by atoms with Gasteiger partial charge < -0.3 is 14.5 Å². The van der Waals surface area contributed by atoms with Crippen LogP contribution in [0.3, 0.4) is 0 Å². The smallest absolute Gasteiger partial charge is 0.416 e. The van der Waals surface area contributed by atoms with Crippen LogP contribution in [0.5, 0.6) is 5.88 Å². The summed E-state index contributed by atoms with van der Waals surface area (Å²) in [5.74, 6) is 0.730. The maximum absolute atomic E-state index is 13.3. The van der Waals surface area contributed by atoms with Crippen LogP contribution in [0.1, 0.15) is 23.6 Å². The van der Waals surface area contributed by atoms with Crippen molar-refractivity contribution in [2.45, 2.75) is 31.9 Å². The lowest BCUT2D eigenvalue weighted by atomic mass is 10.1. The molecule has 2 aromatic heterocycles. The SMILES string of the molecule is CC1CN(c2nccnc2OCc2ccncc2)CCN1C(=O)N(C)c1cc(C(F)(F)F)cc(C(F)(F)F)c1. The van der Waals surface area contributed by atoms with Crippen LogP contribution in [0.2, 0.25) is 0 Å². The van der Waals surface area contributed by atoms with E-state index in [-0.39, 0.29) is 38.2 Å². The van der Waals surface area contributed by atoms with Gasteiger partial charge >= 0.3 is 18.4 Å². The molecule has 2 amide bonds. The van der Waals surface area contributed by atoms with Crippen LogP contribution in [0.25, 0.3) is 0 Å². The summed E-state index contributed by atoms with van der Waals surface area (Å²) >= 11 is 0. The number of halogens is 6. The van der Waals surface area contributed by atoms with E-state index in [1.165, 1.54) is 17.3 Å². The number of amides is 2. The van der Waals surface area contributed by atoms with E-state index in [1.807, 2.05) is 4.90 Å². The lowest BCUT2D eigenvalue weighted by Gasteiger charge is -2.41. The standard InChI is InChI=1S/C25H24F6N6O2/c1-16-14-36(21-22(34-8-7-33-21)39-15-17-3-5-32-6-4-17)9-10-37(16)23(38)35(2)20-12-18(24(26,27)28)11-19(13-20)25(29,30)31/h3-8,11-13,16H,9-10,14-15H2,1-2H3. The van der Waals surface area contributed by atoms with Crippen LogP contribution in [-0.4, -0.2) is 58.6 Å². The third-order valence-corrected chi connectivity index (χ3v) is 6.19. The van der Waals surface area contributed by atoms with Crippen molar-refractivity contribution in [3.63, 3.8) is 0 Å². The first-order chi connectivity index (χ1) is 18.3. The molecule has 3 aromatic rings. The quantitative estimate of drug-likeness (QED) is 0.401. The monoisotopic (exact) mass is 554 g/mol. The maximum atomic E-state index is 13.3. The maximum Gasteiger partial charge on any atom is 0.416 e. The van der Waals surface area contributed by atoms with Crippen LogP contribution >= 0.6 is 0 Å². The van der Waals surface area contributed by atoms with Crippen molar-refractivity contribution in [1.82, 2.24) is 19.9 Å². The van der Waals surface area contributed by atoms with E-state index in [9.17, 15) is 31.1 Å². The summed E-state index contributed by atoms with van der Waals surface area (Å²) in [7, 11) is 1.14. The number of rotatable bonds is 5. The van der Waals surface area contributed by atoms with Gasteiger partial charge in [0.1, 0.15) is 6.61 Å². The number of hydrogen-bond donors (Lipinski definition) is 0. The Morgan fingerprint density at radius 2 is 1.59 bits per heavy atom. The zero-order valence-electron chi connectivity index (χ0n) is 20.9. The summed E-state index contributed by atoms with van der Waals surface area (Å²) in [6.07, 6.45) is -3.80. The van der Waals surface area contributed by atoms with E-state index >= 15 is 0 Å². The van der Waals surface area contributed by atoms with Crippen LogP contribution in [0, 0.1) is 0 Å². The first kappa shape index (κ1) is 27.9. The Morgan fingerprint density at radius 3 is 2.18 bits per heavy atom. The number of ether oxygens (including phenoxy) is 1. The van der Waals surface area contributed by atoms with E-state index in [4.69, 9.17) is 4.74 Å². The Kier molecular flexibility index (Phi) is 7.84. The second kappa shape index (κ2) is 10.9. The molecule has 0 bridgehead atoms. The molecule has 0 saturated carbocycles. The van der Waals surface area contributed by atoms with E-state index in [0.29, 0.717) is 18.0 Å². The zero-order valence-corrected chi connectivity index (χ0v) is 20.9. The number of urea groups is 1. The van der Waals surface area contributed by atoms with Crippen molar-refractivity contribution in [2.75, 3.05) is 36.5 Å². The lowest BCUT2D eigenvalue weighted by Crippen LogP contribution is -2.57. The summed E-state index contributed by atoms with van der Waals surface area (Å²) in [5, 5.41) is 0. The fourth-order valence-electron chi connectivity index (χ4n) is 4.14. The fourth-order valence-corrected chi connectivity index (χ4v) is 4.14. The Balaban J connectivity index is 1.49. The minimum Gasteiger partial charge on any atom is -0.470 e. The number of carbonyl (C=O) groups is 1. The average Bonchev–Trinajstić information content (AvgIpc) is 2.90. The molecule has 1 unspecified atom stereocenters. The lowest BCUT2D eigenvalue weighted by molar-refractivity contribution is -0.143. The van der Waals surface area contributed by atoms with Crippen molar-refractivity contribution < 1.29 is 35.9 Å². The molecule has 0 N–H and O–H groups in total. The highest BCUT2D eigenvalue weighted by atomic mass is 19.4. The van der Waals surface area contributed by atoms with Gasteiger partial charge in [-0.1, -0.05) is 0 Å². The van der Waals surface area contributed by atoms with E-state index < -0.39 is 41.2 Å². The number of anilines is 2. The molecule has 0 spiro atoms. The molecule has 39 heavy (non-hydrogen) atoms.